The van der Waals surface area contributed by atoms with Gasteiger partial charge in [-0.05, 0) is 39.1 Å². The zero-order valence-electron chi connectivity index (χ0n) is 21.4. The summed E-state index contributed by atoms with van der Waals surface area (Å²) in [4.78, 5) is 28.3. The van der Waals surface area contributed by atoms with E-state index >= 15 is 0 Å². The Bertz CT molecular complexity index is 1420. The van der Waals surface area contributed by atoms with E-state index in [9.17, 15) is 14.7 Å². The molecule has 0 bridgehead atoms. The Morgan fingerprint density at radius 2 is 1.32 bits per heavy atom. The van der Waals surface area contributed by atoms with Crippen LogP contribution in [0.25, 0.3) is 21.5 Å². The Balaban J connectivity index is 1.32. The summed E-state index contributed by atoms with van der Waals surface area (Å²) in [6.45, 7) is 2.45. The highest BCUT2D eigenvalue weighted by Crippen LogP contribution is 2.18. The number of hydrogen-bond donors (Lipinski definition) is 4. The lowest BCUT2D eigenvalue weighted by molar-refractivity contribution is -0.124. The molecule has 0 saturated carbocycles. The molecule has 7 nitrogen and oxygen atoms in total. The fourth-order valence-corrected chi connectivity index (χ4v) is 5.03. The quantitative estimate of drug-likeness (QED) is 0.293. The van der Waals surface area contributed by atoms with E-state index in [1.54, 1.807) is 4.90 Å². The van der Waals surface area contributed by atoms with Gasteiger partial charge < -0.3 is 26.0 Å². The van der Waals surface area contributed by atoms with Gasteiger partial charge in [-0.3, -0.25) is 4.79 Å². The largest absolute Gasteiger partial charge is 0.394 e. The monoisotopic (exact) mass is 510 g/mol. The fraction of sp³-hybridized carbons (Fsp3) is 0.290. The van der Waals surface area contributed by atoms with Crippen molar-refractivity contribution in [1.82, 2.24) is 20.9 Å². The molecule has 196 valence electrons. The van der Waals surface area contributed by atoms with E-state index in [0.29, 0.717) is 25.9 Å². The number of benzene rings is 4. The third-order valence-corrected chi connectivity index (χ3v) is 7.13. The smallest absolute Gasteiger partial charge is 0.318 e. The van der Waals surface area contributed by atoms with Crippen LogP contribution in [-0.4, -0.2) is 66.8 Å². The third-order valence-electron chi connectivity index (χ3n) is 7.13. The highest BCUT2D eigenvalue weighted by molar-refractivity contribution is 5.88. The minimum atomic E-state index is -0.774. The Morgan fingerprint density at radius 1 is 0.763 bits per heavy atom. The van der Waals surface area contributed by atoms with E-state index in [1.165, 1.54) is 0 Å². The summed E-state index contributed by atoms with van der Waals surface area (Å²) in [5.74, 6) is -0.304. The molecule has 7 heteroatoms. The maximum absolute atomic E-state index is 13.5. The predicted molar refractivity (Wildman–Crippen MR) is 151 cm³/mol. The van der Waals surface area contributed by atoms with Crippen molar-refractivity contribution in [2.45, 2.75) is 24.9 Å². The number of carbonyl (C=O) groups excluding carboxylic acids is 2. The molecule has 1 aliphatic rings. The number of nitrogens with zero attached hydrogens (tertiary/aromatic N) is 1. The maximum atomic E-state index is 13.5. The van der Waals surface area contributed by atoms with Crippen molar-refractivity contribution in [3.8, 4) is 0 Å². The molecule has 0 spiro atoms. The molecule has 4 aromatic rings. The molecule has 5 rings (SSSR count). The normalized spacial score (nSPS) is 15.2. The number of urea groups is 1. The summed E-state index contributed by atoms with van der Waals surface area (Å²) in [6, 6.07) is 26.9. The first kappa shape index (κ1) is 25.7. The van der Waals surface area contributed by atoms with Crippen LogP contribution in [0.4, 0.5) is 4.79 Å². The van der Waals surface area contributed by atoms with Crippen LogP contribution in [0.2, 0.25) is 0 Å². The van der Waals surface area contributed by atoms with Crippen LogP contribution in [0.5, 0.6) is 0 Å². The Morgan fingerprint density at radius 3 is 1.89 bits per heavy atom. The van der Waals surface area contributed by atoms with Gasteiger partial charge in [0.15, 0.2) is 0 Å². The first-order valence-corrected chi connectivity index (χ1v) is 13.2. The van der Waals surface area contributed by atoms with Crippen LogP contribution in [0, 0.1) is 0 Å². The number of amides is 3. The van der Waals surface area contributed by atoms with Gasteiger partial charge in [0.2, 0.25) is 5.91 Å². The summed E-state index contributed by atoms with van der Waals surface area (Å²) >= 11 is 0. The molecule has 4 N–H and O–H groups in total. The van der Waals surface area contributed by atoms with Crippen molar-refractivity contribution >= 4 is 33.5 Å². The minimum Gasteiger partial charge on any atom is -0.394 e. The van der Waals surface area contributed by atoms with Gasteiger partial charge >= 0.3 is 6.03 Å². The molecule has 1 aliphatic heterocycles. The molecule has 1 saturated heterocycles. The highest BCUT2D eigenvalue weighted by Gasteiger charge is 2.26. The summed E-state index contributed by atoms with van der Waals surface area (Å²) in [5, 5.41) is 23.8. The summed E-state index contributed by atoms with van der Waals surface area (Å²) in [5.41, 5.74) is 1.98. The molecule has 38 heavy (non-hydrogen) atoms. The second-order valence-corrected chi connectivity index (χ2v) is 9.90. The van der Waals surface area contributed by atoms with E-state index in [2.05, 4.69) is 46.3 Å². The number of aliphatic hydroxyl groups excluding tert-OH is 1. The van der Waals surface area contributed by atoms with Gasteiger partial charge in [0.05, 0.1) is 12.6 Å². The van der Waals surface area contributed by atoms with Crippen molar-refractivity contribution in [3.05, 3.63) is 96.1 Å². The van der Waals surface area contributed by atoms with E-state index in [1.807, 2.05) is 54.6 Å². The molecular weight excluding hydrogens is 476 g/mol. The maximum Gasteiger partial charge on any atom is 0.318 e. The van der Waals surface area contributed by atoms with E-state index < -0.39 is 12.1 Å². The first-order chi connectivity index (χ1) is 18.6. The van der Waals surface area contributed by atoms with Crippen molar-refractivity contribution in [3.63, 3.8) is 0 Å². The Kier molecular flexibility index (Phi) is 8.16. The SMILES string of the molecule is O=C(N[C@@H](CO)Cc1ccc2ccccc2c1)[C@@H](Cc1ccc2ccccc2c1)NC(=O)N1CCNCC1. The Hall–Kier alpha value is -3.94. The molecule has 1 heterocycles. The zero-order valence-corrected chi connectivity index (χ0v) is 21.4. The van der Waals surface area contributed by atoms with E-state index in [-0.39, 0.29) is 18.5 Å². The van der Waals surface area contributed by atoms with Gasteiger partial charge in [-0.2, -0.15) is 0 Å². The zero-order chi connectivity index (χ0) is 26.3. The lowest BCUT2D eigenvalue weighted by Gasteiger charge is -2.30. The topological polar surface area (TPSA) is 93.7 Å². The van der Waals surface area contributed by atoms with Gasteiger partial charge in [-0.15, -0.1) is 0 Å². The molecule has 3 amide bonds. The number of carbonyl (C=O) groups is 2. The van der Waals surface area contributed by atoms with Crippen LogP contribution in [0.1, 0.15) is 11.1 Å². The van der Waals surface area contributed by atoms with Gasteiger partial charge in [0.25, 0.3) is 0 Å². The number of fused-ring (bicyclic) bond motifs is 2. The summed E-state index contributed by atoms with van der Waals surface area (Å²) in [7, 11) is 0. The van der Waals surface area contributed by atoms with Crippen LogP contribution < -0.4 is 16.0 Å². The minimum absolute atomic E-state index is 0.201. The number of aliphatic hydroxyl groups is 1. The summed E-state index contributed by atoms with van der Waals surface area (Å²) in [6.07, 6.45) is 0.837. The molecule has 0 aromatic heterocycles. The van der Waals surface area contributed by atoms with E-state index in [4.69, 9.17) is 0 Å². The van der Waals surface area contributed by atoms with Crippen molar-refractivity contribution in [2.75, 3.05) is 32.8 Å². The highest BCUT2D eigenvalue weighted by atomic mass is 16.3. The van der Waals surface area contributed by atoms with Gasteiger partial charge in [0, 0.05) is 32.6 Å². The molecule has 0 aliphatic carbocycles. The molecule has 2 atom stereocenters. The molecule has 1 fully saturated rings. The molecule has 0 radical (unpaired) electrons. The number of rotatable bonds is 8. The lowest BCUT2D eigenvalue weighted by Crippen LogP contribution is -2.57. The van der Waals surface area contributed by atoms with Gasteiger partial charge in [-0.25, -0.2) is 4.79 Å². The van der Waals surface area contributed by atoms with Crippen molar-refractivity contribution in [1.29, 1.82) is 0 Å². The van der Waals surface area contributed by atoms with Gasteiger partial charge in [-0.1, -0.05) is 84.9 Å². The van der Waals surface area contributed by atoms with E-state index in [0.717, 1.165) is 45.8 Å². The lowest BCUT2D eigenvalue weighted by atomic mass is 9.99. The second kappa shape index (κ2) is 12.1. The first-order valence-electron chi connectivity index (χ1n) is 13.2. The number of hydrogen-bond acceptors (Lipinski definition) is 4. The average molecular weight is 511 g/mol. The van der Waals surface area contributed by atoms with Crippen molar-refractivity contribution in [2.24, 2.45) is 0 Å². The van der Waals surface area contributed by atoms with Crippen LogP contribution in [0.15, 0.2) is 84.9 Å². The van der Waals surface area contributed by atoms with Crippen LogP contribution in [0.3, 0.4) is 0 Å². The van der Waals surface area contributed by atoms with Crippen LogP contribution in [-0.2, 0) is 17.6 Å². The van der Waals surface area contributed by atoms with Crippen LogP contribution >= 0.6 is 0 Å². The Labute approximate surface area is 222 Å². The second-order valence-electron chi connectivity index (χ2n) is 9.90. The third kappa shape index (κ3) is 6.30. The summed E-state index contributed by atoms with van der Waals surface area (Å²) < 4.78 is 0. The number of nitrogens with one attached hydrogen (secondary N) is 3. The number of piperazine rings is 1. The molecule has 4 aromatic carbocycles. The average Bonchev–Trinajstić information content (AvgIpc) is 2.96. The molecular formula is C31H34N4O3. The predicted octanol–water partition coefficient (Wildman–Crippen LogP) is 3.24. The standard InChI is InChI=1S/C31H34N4O3/c36-21-28(19-22-9-11-24-5-1-3-7-26(24)17-22)33-30(37)29(34-31(38)35-15-13-32-14-16-35)20-23-10-12-25-6-2-4-8-27(25)18-23/h1-12,17-18,28-29,32,36H,13-16,19-21H2,(H,33,37)(H,34,38)/t28-,29-/m1/s1. The van der Waals surface area contributed by atoms with Crippen molar-refractivity contribution < 1.29 is 14.7 Å². The molecule has 0 unspecified atom stereocenters. The van der Waals surface area contributed by atoms with Gasteiger partial charge in [0.1, 0.15) is 6.04 Å². The fourth-order valence-electron chi connectivity index (χ4n) is 5.03.